The van der Waals surface area contributed by atoms with Crippen LogP contribution >= 0.6 is 0 Å². The molecule has 1 saturated heterocycles. The summed E-state index contributed by atoms with van der Waals surface area (Å²) in [6, 6.07) is 8.13. The lowest BCUT2D eigenvalue weighted by Crippen LogP contribution is -2.24. The third-order valence-corrected chi connectivity index (χ3v) is 6.42. The van der Waals surface area contributed by atoms with Crippen molar-refractivity contribution in [3.63, 3.8) is 0 Å². The molecule has 0 spiro atoms. The maximum atomic E-state index is 7.57. The zero-order valence-corrected chi connectivity index (χ0v) is 20.6. The first-order valence-electron chi connectivity index (χ1n) is 12.2. The van der Waals surface area contributed by atoms with Crippen molar-refractivity contribution in [1.29, 1.82) is 5.41 Å². The molecule has 8 heteroatoms. The smallest absolute Gasteiger partial charge is 0.0926 e. The predicted molar refractivity (Wildman–Crippen MR) is 146 cm³/mol. The number of pyridine rings is 1. The van der Waals surface area contributed by atoms with Gasteiger partial charge in [-0.25, -0.2) is 5.43 Å². The van der Waals surface area contributed by atoms with E-state index in [0.717, 1.165) is 71.3 Å². The Kier molecular flexibility index (Phi) is 7.84. The average Bonchev–Trinajstić information content (AvgIpc) is 3.51. The molecule has 0 amide bonds. The van der Waals surface area contributed by atoms with Gasteiger partial charge in [0.25, 0.3) is 0 Å². The van der Waals surface area contributed by atoms with E-state index >= 15 is 0 Å². The molecule has 1 aromatic carbocycles. The second kappa shape index (κ2) is 11.2. The van der Waals surface area contributed by atoms with E-state index in [0.29, 0.717) is 5.57 Å². The van der Waals surface area contributed by atoms with Gasteiger partial charge in [0, 0.05) is 41.5 Å². The minimum absolute atomic E-state index is 0.0505. The fraction of sp³-hybridized carbons (Fsp3) is 0.333. The molecule has 2 aliphatic heterocycles. The first kappa shape index (κ1) is 24.5. The topological polar surface area (TPSA) is 114 Å². The summed E-state index contributed by atoms with van der Waals surface area (Å²) in [7, 11) is 0. The summed E-state index contributed by atoms with van der Waals surface area (Å²) in [5, 5.41) is 14.6. The van der Waals surface area contributed by atoms with Gasteiger partial charge in [0.1, 0.15) is 0 Å². The number of fused-ring (bicyclic) bond motifs is 1. The molecular weight excluding hydrogens is 436 g/mol. The quantitative estimate of drug-likeness (QED) is 0.277. The summed E-state index contributed by atoms with van der Waals surface area (Å²) in [6.45, 7) is 11.5. The molecule has 1 atom stereocenters. The van der Waals surface area contributed by atoms with Crippen LogP contribution in [0.2, 0.25) is 0 Å². The van der Waals surface area contributed by atoms with Crippen LogP contribution in [0.5, 0.6) is 0 Å². The molecule has 3 heterocycles. The van der Waals surface area contributed by atoms with Crippen molar-refractivity contribution >= 4 is 28.8 Å². The van der Waals surface area contributed by atoms with Crippen molar-refractivity contribution in [3.8, 4) is 0 Å². The molecule has 1 fully saturated rings. The Bertz CT molecular complexity index is 1140. The highest BCUT2D eigenvalue weighted by Crippen LogP contribution is 2.36. The van der Waals surface area contributed by atoms with E-state index in [-0.39, 0.29) is 6.04 Å². The molecule has 35 heavy (non-hydrogen) atoms. The van der Waals surface area contributed by atoms with Gasteiger partial charge in [-0.2, -0.15) is 0 Å². The second-order valence-electron chi connectivity index (χ2n) is 9.03. The number of hydrazine groups is 1. The monoisotopic (exact) mass is 472 g/mol. The maximum Gasteiger partial charge on any atom is 0.0926 e. The first-order chi connectivity index (χ1) is 17.0. The highest BCUT2D eigenvalue weighted by molar-refractivity contribution is 6.08. The number of nitrogens with two attached hydrogens (primary N) is 1. The van der Waals surface area contributed by atoms with Crippen molar-refractivity contribution in [2.45, 2.75) is 39.2 Å². The SMILES string of the molecule is C=C(CN1CCCC1)Nc1cnc(C)c(N/C(=C\CC)C2NNc3cc(/C(C=N)=C/N)ccc32)c1. The van der Waals surface area contributed by atoms with E-state index in [9.17, 15) is 0 Å². The van der Waals surface area contributed by atoms with Gasteiger partial charge in [-0.05, 0) is 57.0 Å². The molecular formula is C27H36N8. The van der Waals surface area contributed by atoms with Crippen LogP contribution in [-0.2, 0) is 0 Å². The molecule has 0 aliphatic carbocycles. The van der Waals surface area contributed by atoms with Crippen molar-refractivity contribution in [2.24, 2.45) is 5.73 Å². The molecule has 2 aromatic rings. The Morgan fingerprint density at radius 2 is 2.09 bits per heavy atom. The third-order valence-electron chi connectivity index (χ3n) is 6.42. The second-order valence-corrected chi connectivity index (χ2v) is 9.03. The first-order valence-corrected chi connectivity index (χ1v) is 12.2. The third kappa shape index (κ3) is 5.72. The minimum atomic E-state index is -0.0505. The summed E-state index contributed by atoms with van der Waals surface area (Å²) in [5.41, 5.74) is 20.9. The summed E-state index contributed by atoms with van der Waals surface area (Å²) in [6.07, 6.45) is 10.2. The highest BCUT2D eigenvalue weighted by Gasteiger charge is 2.26. The van der Waals surface area contributed by atoms with Crippen molar-refractivity contribution in [3.05, 3.63) is 77.5 Å². The Balaban J connectivity index is 1.51. The molecule has 2 aliphatic rings. The van der Waals surface area contributed by atoms with Gasteiger partial charge in [0.15, 0.2) is 0 Å². The fourth-order valence-electron chi connectivity index (χ4n) is 4.60. The number of anilines is 3. The zero-order valence-electron chi connectivity index (χ0n) is 20.6. The lowest BCUT2D eigenvalue weighted by atomic mass is 9.98. The van der Waals surface area contributed by atoms with Crippen molar-refractivity contribution < 1.29 is 0 Å². The van der Waals surface area contributed by atoms with Gasteiger partial charge in [-0.3, -0.25) is 9.88 Å². The van der Waals surface area contributed by atoms with Crippen LogP contribution < -0.4 is 27.2 Å². The molecule has 0 saturated carbocycles. The highest BCUT2D eigenvalue weighted by atomic mass is 15.4. The summed E-state index contributed by atoms with van der Waals surface area (Å²) < 4.78 is 0. The molecule has 184 valence electrons. The Hall–Kier alpha value is -3.62. The standard InChI is InChI=1S/C27H36N8/c1-4-7-24(27-23-9-8-20(21(14-28)15-29)12-26(23)33-34-27)32-25-13-22(16-30-19(25)3)31-18(2)17-35-10-5-6-11-35/h7-9,12-16,27-28,31-34H,2,4-6,10-11,17,29H2,1,3H3/b21-15+,24-7-,28-14?. The van der Waals surface area contributed by atoms with Crippen molar-refractivity contribution in [2.75, 3.05) is 35.7 Å². The number of allylic oxidation sites excluding steroid dienone is 2. The number of likely N-dealkylation sites (tertiary alicyclic amines) is 1. The largest absolute Gasteiger partial charge is 0.404 e. The number of aromatic nitrogens is 1. The van der Waals surface area contributed by atoms with Gasteiger partial charge in [-0.1, -0.05) is 31.7 Å². The molecule has 4 rings (SSSR count). The number of nitrogens with one attached hydrogen (secondary N) is 5. The minimum Gasteiger partial charge on any atom is -0.404 e. The summed E-state index contributed by atoms with van der Waals surface area (Å²) in [4.78, 5) is 7.04. The van der Waals surface area contributed by atoms with Gasteiger partial charge in [0.2, 0.25) is 0 Å². The zero-order chi connectivity index (χ0) is 24.8. The van der Waals surface area contributed by atoms with E-state index in [1.165, 1.54) is 25.3 Å². The van der Waals surface area contributed by atoms with Gasteiger partial charge >= 0.3 is 0 Å². The van der Waals surface area contributed by atoms with E-state index in [2.05, 4.69) is 63.1 Å². The van der Waals surface area contributed by atoms with E-state index in [4.69, 9.17) is 11.1 Å². The van der Waals surface area contributed by atoms with Crippen LogP contribution in [0.4, 0.5) is 17.1 Å². The molecule has 1 unspecified atom stereocenters. The van der Waals surface area contributed by atoms with Crippen LogP contribution in [0.1, 0.15) is 49.0 Å². The molecule has 0 radical (unpaired) electrons. The van der Waals surface area contributed by atoms with E-state index in [1.54, 1.807) is 0 Å². The Morgan fingerprint density at radius 3 is 2.80 bits per heavy atom. The number of hydrogen-bond acceptors (Lipinski definition) is 8. The van der Waals surface area contributed by atoms with Crippen LogP contribution in [0.15, 0.2) is 60.7 Å². The maximum absolute atomic E-state index is 7.57. The summed E-state index contributed by atoms with van der Waals surface area (Å²) >= 11 is 0. The lowest BCUT2D eigenvalue weighted by molar-refractivity contribution is 0.370. The summed E-state index contributed by atoms with van der Waals surface area (Å²) in [5.74, 6) is 0. The van der Waals surface area contributed by atoms with Gasteiger partial charge < -0.3 is 27.2 Å². The van der Waals surface area contributed by atoms with Crippen LogP contribution in [0.3, 0.4) is 0 Å². The number of rotatable bonds is 10. The number of nitrogens with zero attached hydrogens (tertiary/aromatic N) is 2. The molecule has 1 aromatic heterocycles. The van der Waals surface area contributed by atoms with Crippen LogP contribution in [0, 0.1) is 12.3 Å². The molecule has 7 N–H and O–H groups in total. The molecule has 0 bridgehead atoms. The Morgan fingerprint density at radius 1 is 1.29 bits per heavy atom. The predicted octanol–water partition coefficient (Wildman–Crippen LogP) is 4.74. The van der Waals surface area contributed by atoms with Crippen LogP contribution in [-0.4, -0.2) is 35.7 Å². The van der Waals surface area contributed by atoms with E-state index in [1.807, 2.05) is 25.3 Å². The van der Waals surface area contributed by atoms with Gasteiger partial charge in [0.05, 0.1) is 35.0 Å². The normalized spacial score (nSPS) is 18.2. The lowest BCUT2D eigenvalue weighted by Gasteiger charge is -2.21. The van der Waals surface area contributed by atoms with Crippen molar-refractivity contribution in [1.82, 2.24) is 15.3 Å². The fourth-order valence-corrected chi connectivity index (χ4v) is 4.60. The van der Waals surface area contributed by atoms with E-state index < -0.39 is 0 Å². The number of benzene rings is 1. The van der Waals surface area contributed by atoms with Gasteiger partial charge in [-0.15, -0.1) is 0 Å². The number of hydrogen-bond donors (Lipinski definition) is 6. The molecule has 8 nitrogen and oxygen atoms in total. The number of aryl methyl sites for hydroxylation is 1. The Labute approximate surface area is 207 Å². The average molecular weight is 473 g/mol. The van der Waals surface area contributed by atoms with Crippen LogP contribution in [0.25, 0.3) is 5.57 Å².